The van der Waals surface area contributed by atoms with Crippen molar-refractivity contribution in [3.8, 4) is 0 Å². The Morgan fingerprint density at radius 2 is 1.04 bits per heavy atom. The molecule has 0 aromatic heterocycles. The van der Waals surface area contributed by atoms with Crippen molar-refractivity contribution in [3.63, 3.8) is 0 Å². The number of hydrogen-bond acceptors (Lipinski definition) is 16. The number of ether oxygens (including phenoxy) is 12. The van der Waals surface area contributed by atoms with Crippen molar-refractivity contribution in [2.45, 2.75) is 111 Å². The van der Waals surface area contributed by atoms with Gasteiger partial charge < -0.3 is 73.2 Å². The van der Waals surface area contributed by atoms with Crippen molar-refractivity contribution < 1.29 is 66.4 Å². The Balaban J connectivity index is 0.810. The van der Waals surface area contributed by atoms with Crippen LogP contribution in [-0.4, -0.2) is 201 Å². The minimum atomic E-state index is -0.449. The van der Waals surface area contributed by atoms with Gasteiger partial charge in [0.2, 0.25) is 11.8 Å². The molecule has 0 bridgehead atoms. The minimum absolute atomic E-state index is 0.115. The first-order valence-corrected chi connectivity index (χ1v) is 30.1. The summed E-state index contributed by atoms with van der Waals surface area (Å²) in [6.07, 6.45) is 19.2. The molecule has 0 heterocycles. The number of fused-ring (bicyclic) bond motifs is 5. The third kappa shape index (κ3) is 25.7. The summed E-state index contributed by atoms with van der Waals surface area (Å²) < 4.78 is 67.7. The number of carbonyl (C=O) groups excluding carboxylic acids is 2. The fraction of sp³-hybridized carbons (Fsp3) is 0.930. The van der Waals surface area contributed by atoms with Gasteiger partial charge >= 0.3 is 0 Å². The van der Waals surface area contributed by atoms with Gasteiger partial charge in [0.1, 0.15) is 0 Å². The summed E-state index contributed by atoms with van der Waals surface area (Å²) in [6, 6.07) is -0.449. The predicted octanol–water partition coefficient (Wildman–Crippen LogP) is 6.37. The van der Waals surface area contributed by atoms with Crippen molar-refractivity contribution in [2.75, 3.05) is 177 Å². The van der Waals surface area contributed by atoms with Gasteiger partial charge in [0, 0.05) is 12.3 Å². The van der Waals surface area contributed by atoms with Crippen LogP contribution < -0.4 is 16.4 Å². The molecule has 0 aromatic carbocycles. The maximum atomic E-state index is 11.8. The normalized spacial score (nSPS) is 26.0. The zero-order chi connectivity index (χ0) is 53.8. The van der Waals surface area contributed by atoms with Crippen LogP contribution in [0.15, 0.2) is 12.2 Å². The molecule has 0 aliphatic heterocycles. The van der Waals surface area contributed by atoms with E-state index in [-0.39, 0.29) is 11.7 Å². The summed E-state index contributed by atoms with van der Waals surface area (Å²) in [5.41, 5.74) is 6.20. The summed E-state index contributed by atoms with van der Waals surface area (Å²) in [5.74, 6) is 5.84. The average Bonchev–Trinajstić information content (AvgIpc) is 3.76. The number of nitrogens with two attached hydrogens (primary N) is 1. The summed E-state index contributed by atoms with van der Waals surface area (Å²) in [7, 11) is 1.66. The second-order valence-electron chi connectivity index (χ2n) is 21.9. The maximum Gasteiger partial charge on any atom is 0.235 e. The Morgan fingerprint density at radius 1 is 0.587 bits per heavy atom. The van der Waals surface area contributed by atoms with Crippen LogP contribution in [0.25, 0.3) is 0 Å². The highest BCUT2D eigenvalue weighted by Gasteiger charge is 2.59. The van der Waals surface area contributed by atoms with E-state index in [1.165, 1.54) is 69.5 Å². The van der Waals surface area contributed by atoms with Crippen LogP contribution in [0, 0.1) is 52.3 Å². The molecule has 18 heteroatoms. The Bertz CT molecular complexity index is 1510. The summed E-state index contributed by atoms with van der Waals surface area (Å²) >= 11 is 1.34. The highest BCUT2D eigenvalue weighted by Crippen LogP contribution is 2.67. The standard InChI is InChI=1S/C57H105N3O14S/c1-45(2)8-7-9-46(3)50-12-13-51-49-11-10-47-42-48(14-16-56(47,4)52(49)15-17-57(50,51)5)74-41-40-73-39-38-72-37-36-71-35-34-70-33-32-69-31-30-68-29-28-67-27-26-66-25-24-65-23-22-64-21-20-63-19-18-60-54(61)44-75-43-53(59-6)55(58)62/h10-11,45-53,59H,7-9,12-44H2,1-6H3,(H2,58,62)(H,60,61)/t46?,47?,48?,49?,50?,51?,52?,53-,56?,57?/m0/s1. The molecule has 10 atom stereocenters. The van der Waals surface area contributed by atoms with Gasteiger partial charge in [-0.25, -0.2) is 0 Å². The lowest BCUT2D eigenvalue weighted by atomic mass is 9.46. The van der Waals surface area contributed by atoms with Gasteiger partial charge in [-0.05, 0) is 104 Å². The second-order valence-corrected chi connectivity index (χ2v) is 23.0. The highest BCUT2D eigenvalue weighted by atomic mass is 32.2. The van der Waals surface area contributed by atoms with Crippen molar-refractivity contribution in [3.05, 3.63) is 12.2 Å². The van der Waals surface area contributed by atoms with E-state index in [0.29, 0.717) is 187 Å². The summed E-state index contributed by atoms with van der Waals surface area (Å²) in [6.45, 7) is 24.5. The molecule has 9 unspecified atom stereocenters. The number of carbonyl (C=O) groups is 2. The van der Waals surface area contributed by atoms with Gasteiger partial charge in [-0.2, -0.15) is 0 Å². The van der Waals surface area contributed by atoms with Crippen LogP contribution in [-0.2, 0) is 66.4 Å². The van der Waals surface area contributed by atoms with E-state index in [9.17, 15) is 9.59 Å². The van der Waals surface area contributed by atoms with E-state index in [1.807, 2.05) is 0 Å². The first kappa shape index (κ1) is 66.0. The maximum absolute atomic E-state index is 11.8. The molecule has 0 aromatic rings. The molecular formula is C57H105N3O14S. The van der Waals surface area contributed by atoms with Gasteiger partial charge in [0.05, 0.1) is 170 Å². The van der Waals surface area contributed by atoms with E-state index in [0.717, 1.165) is 41.9 Å². The van der Waals surface area contributed by atoms with E-state index in [4.69, 9.17) is 62.6 Å². The fourth-order valence-corrected chi connectivity index (χ4v) is 13.2. The van der Waals surface area contributed by atoms with Crippen molar-refractivity contribution in [1.29, 1.82) is 0 Å². The molecule has 4 rings (SSSR count). The number of likely N-dealkylation sites (N-methyl/N-ethyl adjacent to an activating group) is 1. The lowest BCUT2D eigenvalue weighted by molar-refractivity contribution is -0.120. The Kier molecular flexibility index (Phi) is 35.0. The molecule has 0 spiro atoms. The molecule has 3 fully saturated rings. The van der Waals surface area contributed by atoms with E-state index in [1.54, 1.807) is 7.05 Å². The predicted molar refractivity (Wildman–Crippen MR) is 294 cm³/mol. The fourth-order valence-electron chi connectivity index (χ4n) is 12.2. The van der Waals surface area contributed by atoms with Gasteiger partial charge in [0.25, 0.3) is 0 Å². The van der Waals surface area contributed by atoms with Crippen LogP contribution in [0.5, 0.6) is 0 Å². The topological polar surface area (TPSA) is 195 Å². The van der Waals surface area contributed by atoms with Gasteiger partial charge in [0.15, 0.2) is 0 Å². The van der Waals surface area contributed by atoms with Crippen molar-refractivity contribution in [1.82, 2.24) is 10.6 Å². The first-order chi connectivity index (χ1) is 36.5. The van der Waals surface area contributed by atoms with Gasteiger partial charge in [-0.3, -0.25) is 9.59 Å². The zero-order valence-corrected chi connectivity index (χ0v) is 48.3. The van der Waals surface area contributed by atoms with Crippen LogP contribution in [0.2, 0.25) is 0 Å². The van der Waals surface area contributed by atoms with Crippen LogP contribution in [0.4, 0.5) is 0 Å². The zero-order valence-electron chi connectivity index (χ0n) is 47.5. The molecule has 438 valence electrons. The largest absolute Gasteiger partial charge is 0.377 e. The Hall–Kier alpha value is -1.49. The third-order valence-electron chi connectivity index (χ3n) is 16.4. The van der Waals surface area contributed by atoms with Gasteiger partial charge in [-0.15, -0.1) is 11.8 Å². The summed E-state index contributed by atoms with van der Waals surface area (Å²) in [4.78, 5) is 23.0. The number of primary amides is 1. The molecule has 75 heavy (non-hydrogen) atoms. The number of thioether (sulfide) groups is 1. The smallest absolute Gasteiger partial charge is 0.235 e. The van der Waals surface area contributed by atoms with E-state index in [2.05, 4.69) is 57.4 Å². The molecule has 17 nitrogen and oxygen atoms in total. The molecule has 0 radical (unpaired) electrons. The minimum Gasteiger partial charge on any atom is -0.377 e. The Morgan fingerprint density at radius 3 is 1.51 bits per heavy atom. The van der Waals surface area contributed by atoms with Crippen LogP contribution in [0.3, 0.4) is 0 Å². The van der Waals surface area contributed by atoms with Crippen molar-refractivity contribution in [2.24, 2.45) is 58.0 Å². The lowest BCUT2D eigenvalue weighted by Crippen LogP contribution is -2.52. The van der Waals surface area contributed by atoms with E-state index < -0.39 is 11.9 Å². The number of rotatable bonds is 48. The average molecular weight is 1090 g/mol. The molecule has 3 saturated carbocycles. The monoisotopic (exact) mass is 1090 g/mol. The van der Waals surface area contributed by atoms with Crippen LogP contribution in [0.1, 0.15) is 98.8 Å². The first-order valence-electron chi connectivity index (χ1n) is 29.0. The highest BCUT2D eigenvalue weighted by molar-refractivity contribution is 8.00. The SMILES string of the molecule is CN[C@@H](CSCC(=O)NCCOCCOCCOCCOCCOCCOCCOCCOCCOCCOCCOCCOC1CCC2(C)C(C=CC3C2CCC2(C)C(C(C)CCCC(C)C)CCC32)C1)C(N)=O. The molecule has 4 aliphatic carbocycles. The number of allylic oxidation sites excluding steroid dienone is 2. The molecule has 0 saturated heterocycles. The molecule has 2 amide bonds. The molecule has 4 aliphatic rings. The number of hydrogen-bond donors (Lipinski definition) is 3. The van der Waals surface area contributed by atoms with E-state index >= 15 is 0 Å². The van der Waals surface area contributed by atoms with Crippen LogP contribution >= 0.6 is 11.8 Å². The number of amides is 2. The van der Waals surface area contributed by atoms with Gasteiger partial charge in [-0.1, -0.05) is 66.0 Å². The number of nitrogens with one attached hydrogen (secondary N) is 2. The quantitative estimate of drug-likeness (QED) is 0.0449. The third-order valence-corrected chi connectivity index (χ3v) is 17.4. The lowest BCUT2D eigenvalue weighted by Gasteiger charge is -2.59. The second kappa shape index (κ2) is 39.8. The molecule has 4 N–H and O–H groups in total. The Labute approximate surface area is 457 Å². The van der Waals surface area contributed by atoms with Crippen molar-refractivity contribution >= 4 is 23.6 Å². The summed E-state index contributed by atoms with van der Waals surface area (Å²) in [5, 5.41) is 5.59. The molecular weight excluding hydrogens is 983 g/mol.